The molecule has 12 heavy (non-hydrogen) atoms. The van der Waals surface area contributed by atoms with Gasteiger partial charge in [-0.1, -0.05) is 34.1 Å². The van der Waals surface area contributed by atoms with Crippen LogP contribution in [0.25, 0.3) is 0 Å². The van der Waals surface area contributed by atoms with Gasteiger partial charge in [0.15, 0.2) is 0 Å². The minimum Gasteiger partial charge on any atom is -0.392 e. The molecule has 1 rings (SSSR count). The van der Waals surface area contributed by atoms with Crippen LogP contribution in [0.3, 0.4) is 0 Å². The number of aldehydes is 1. The third-order valence-electron chi connectivity index (χ3n) is 1.63. The first-order chi connectivity index (χ1) is 5.79. The monoisotopic (exact) mass is 228 g/mol. The van der Waals surface area contributed by atoms with Crippen LogP contribution < -0.4 is 0 Å². The quantitative estimate of drug-likeness (QED) is 0.800. The van der Waals surface area contributed by atoms with E-state index >= 15 is 0 Å². The molecule has 0 radical (unpaired) electrons. The van der Waals surface area contributed by atoms with E-state index in [-0.39, 0.29) is 6.61 Å². The maximum atomic E-state index is 10.2. The molecule has 0 aliphatic heterocycles. The Labute approximate surface area is 79.3 Å². The highest BCUT2D eigenvalue weighted by Crippen LogP contribution is 2.21. The fourth-order valence-corrected chi connectivity index (χ4v) is 1.55. The molecule has 0 aliphatic carbocycles. The molecular formula is C9H9BrO2. The van der Waals surface area contributed by atoms with Crippen molar-refractivity contribution in [2.45, 2.75) is 13.0 Å². The van der Waals surface area contributed by atoms with Crippen LogP contribution in [0, 0.1) is 0 Å². The molecule has 0 aliphatic rings. The van der Waals surface area contributed by atoms with Crippen molar-refractivity contribution in [3.8, 4) is 0 Å². The molecule has 2 nitrogen and oxygen atoms in total. The zero-order chi connectivity index (χ0) is 8.97. The summed E-state index contributed by atoms with van der Waals surface area (Å²) in [4.78, 5) is 10.2. The summed E-state index contributed by atoms with van der Waals surface area (Å²) >= 11 is 3.32. The topological polar surface area (TPSA) is 37.3 Å². The normalized spacial score (nSPS) is 9.83. The van der Waals surface area contributed by atoms with Crippen molar-refractivity contribution >= 4 is 22.2 Å². The molecule has 0 bridgehead atoms. The lowest BCUT2D eigenvalue weighted by Gasteiger charge is -2.04. The fourth-order valence-electron chi connectivity index (χ4n) is 1.00. The molecule has 1 aromatic rings. The number of benzene rings is 1. The third kappa shape index (κ3) is 1.93. The first kappa shape index (κ1) is 9.42. The van der Waals surface area contributed by atoms with Crippen molar-refractivity contribution in [3.63, 3.8) is 0 Å². The first-order valence-electron chi connectivity index (χ1n) is 3.60. The minimum atomic E-state index is -0.00667. The Morgan fingerprint density at radius 3 is 2.67 bits per heavy atom. The Morgan fingerprint density at radius 1 is 1.42 bits per heavy atom. The van der Waals surface area contributed by atoms with Crippen LogP contribution in [0.15, 0.2) is 22.7 Å². The van der Waals surface area contributed by atoms with Crippen LogP contribution >= 0.6 is 15.9 Å². The number of hydrogen-bond donors (Lipinski definition) is 1. The largest absolute Gasteiger partial charge is 0.392 e. The lowest BCUT2D eigenvalue weighted by atomic mass is 10.1. The highest BCUT2D eigenvalue weighted by molar-refractivity contribution is 9.10. The van der Waals surface area contributed by atoms with E-state index in [9.17, 15) is 4.79 Å². The molecule has 1 N–H and O–H groups in total. The molecule has 0 aromatic heterocycles. The van der Waals surface area contributed by atoms with Crippen LogP contribution in [0.2, 0.25) is 0 Å². The van der Waals surface area contributed by atoms with Crippen LogP contribution in [0.4, 0.5) is 0 Å². The minimum absolute atomic E-state index is 0.00667. The second-order valence-corrected chi connectivity index (χ2v) is 3.21. The van der Waals surface area contributed by atoms with Crippen molar-refractivity contribution < 1.29 is 9.90 Å². The lowest BCUT2D eigenvalue weighted by molar-refractivity contribution is -0.107. The molecule has 0 amide bonds. The van der Waals surface area contributed by atoms with Gasteiger partial charge in [-0.15, -0.1) is 0 Å². The number of carbonyl (C=O) groups is 1. The van der Waals surface area contributed by atoms with E-state index < -0.39 is 0 Å². The van der Waals surface area contributed by atoms with E-state index in [4.69, 9.17) is 5.11 Å². The smallest absolute Gasteiger partial charge is 0.124 e. The van der Waals surface area contributed by atoms with Crippen molar-refractivity contribution in [2.24, 2.45) is 0 Å². The molecule has 0 atom stereocenters. The van der Waals surface area contributed by atoms with Crippen molar-refractivity contribution in [2.75, 3.05) is 0 Å². The van der Waals surface area contributed by atoms with Gasteiger partial charge in [0.25, 0.3) is 0 Å². The van der Waals surface area contributed by atoms with Crippen LogP contribution in [-0.2, 0) is 17.8 Å². The second-order valence-electron chi connectivity index (χ2n) is 2.42. The van der Waals surface area contributed by atoms with E-state index in [1.165, 1.54) is 0 Å². The van der Waals surface area contributed by atoms with Gasteiger partial charge in [-0.05, 0) is 11.1 Å². The molecule has 0 fully saturated rings. The van der Waals surface area contributed by atoms with E-state index in [0.717, 1.165) is 21.9 Å². The van der Waals surface area contributed by atoms with Gasteiger partial charge in [-0.3, -0.25) is 0 Å². The maximum Gasteiger partial charge on any atom is 0.124 e. The fraction of sp³-hybridized carbons (Fsp3) is 0.222. The Morgan fingerprint density at radius 2 is 2.08 bits per heavy atom. The molecule has 0 unspecified atom stereocenters. The number of rotatable bonds is 3. The van der Waals surface area contributed by atoms with Gasteiger partial charge in [-0.2, -0.15) is 0 Å². The number of carbonyl (C=O) groups excluding carboxylic acids is 1. The van der Waals surface area contributed by atoms with E-state index in [0.29, 0.717) is 6.42 Å². The van der Waals surface area contributed by atoms with Gasteiger partial charge in [-0.25, -0.2) is 0 Å². The summed E-state index contributed by atoms with van der Waals surface area (Å²) in [6, 6.07) is 5.51. The summed E-state index contributed by atoms with van der Waals surface area (Å²) < 4.78 is 0.833. The summed E-state index contributed by atoms with van der Waals surface area (Å²) in [5.41, 5.74) is 1.73. The Hall–Kier alpha value is -0.670. The van der Waals surface area contributed by atoms with Gasteiger partial charge in [0, 0.05) is 10.9 Å². The number of hydrogen-bond acceptors (Lipinski definition) is 2. The predicted octanol–water partition coefficient (Wildman–Crippen LogP) is 1.68. The summed E-state index contributed by atoms with van der Waals surface area (Å²) in [5.74, 6) is 0. The zero-order valence-electron chi connectivity index (χ0n) is 6.46. The Balaban J connectivity index is 3.04. The molecule has 0 saturated heterocycles. The summed E-state index contributed by atoms with van der Waals surface area (Å²) in [6.07, 6.45) is 1.23. The average Bonchev–Trinajstić information content (AvgIpc) is 2.09. The van der Waals surface area contributed by atoms with Gasteiger partial charge in [0.1, 0.15) is 6.29 Å². The van der Waals surface area contributed by atoms with E-state index in [2.05, 4.69) is 15.9 Å². The third-order valence-corrected chi connectivity index (χ3v) is 2.65. The van der Waals surface area contributed by atoms with Gasteiger partial charge in [0.2, 0.25) is 0 Å². The van der Waals surface area contributed by atoms with Gasteiger partial charge >= 0.3 is 0 Å². The number of aliphatic hydroxyl groups is 1. The highest BCUT2D eigenvalue weighted by Gasteiger charge is 2.02. The van der Waals surface area contributed by atoms with Crippen molar-refractivity contribution in [1.82, 2.24) is 0 Å². The summed E-state index contributed by atoms with van der Waals surface area (Å²) in [6.45, 7) is -0.00667. The molecular weight excluding hydrogens is 220 g/mol. The van der Waals surface area contributed by atoms with Crippen LogP contribution in [0.1, 0.15) is 11.1 Å². The molecule has 0 heterocycles. The predicted molar refractivity (Wildman–Crippen MR) is 49.8 cm³/mol. The first-order valence-corrected chi connectivity index (χ1v) is 4.39. The molecule has 1 aromatic carbocycles. The number of aliphatic hydroxyl groups excluding tert-OH is 1. The zero-order valence-corrected chi connectivity index (χ0v) is 8.04. The van der Waals surface area contributed by atoms with Crippen LogP contribution in [0.5, 0.6) is 0 Å². The molecule has 3 heteroatoms. The SMILES string of the molecule is O=CCc1cccc(CO)c1Br. The maximum absolute atomic E-state index is 10.2. The summed E-state index contributed by atoms with van der Waals surface area (Å²) in [5, 5.41) is 8.89. The van der Waals surface area contributed by atoms with Gasteiger partial charge in [0.05, 0.1) is 6.61 Å². The Kier molecular flexibility index (Phi) is 3.44. The molecule has 0 spiro atoms. The molecule has 64 valence electrons. The Bertz CT molecular complexity index is 284. The van der Waals surface area contributed by atoms with E-state index in [1.807, 2.05) is 18.2 Å². The number of halogens is 1. The van der Waals surface area contributed by atoms with Crippen molar-refractivity contribution in [3.05, 3.63) is 33.8 Å². The van der Waals surface area contributed by atoms with E-state index in [1.54, 1.807) is 0 Å². The second kappa shape index (κ2) is 4.38. The molecule has 0 saturated carbocycles. The highest BCUT2D eigenvalue weighted by atomic mass is 79.9. The lowest BCUT2D eigenvalue weighted by Crippen LogP contribution is -1.92. The standard InChI is InChI=1S/C9H9BrO2/c10-9-7(4-5-11)2-1-3-8(9)6-12/h1-3,5,12H,4,6H2. The van der Waals surface area contributed by atoms with Crippen LogP contribution in [-0.4, -0.2) is 11.4 Å². The van der Waals surface area contributed by atoms with Gasteiger partial charge < -0.3 is 9.90 Å². The summed E-state index contributed by atoms with van der Waals surface area (Å²) in [7, 11) is 0. The van der Waals surface area contributed by atoms with Crippen molar-refractivity contribution in [1.29, 1.82) is 0 Å². The average molecular weight is 229 g/mol.